The molecule has 164 valence electrons. The van der Waals surface area contributed by atoms with Crippen LogP contribution in [-0.4, -0.2) is 22.2 Å². The molecular weight excluding hydrogens is 352 g/mol. The number of carboxylic acids is 2. The Morgan fingerprint density at radius 2 is 1.00 bits per heavy atom. The van der Waals surface area contributed by atoms with Crippen molar-refractivity contribution in [2.45, 2.75) is 123 Å². The van der Waals surface area contributed by atoms with Crippen molar-refractivity contribution >= 4 is 11.9 Å². The van der Waals surface area contributed by atoms with Crippen LogP contribution >= 0.6 is 0 Å². The Morgan fingerprint density at radius 1 is 0.643 bits per heavy atom. The third-order valence-electron chi connectivity index (χ3n) is 5.53. The van der Waals surface area contributed by atoms with E-state index in [4.69, 9.17) is 5.11 Å². The molecule has 0 spiro atoms. The number of aliphatic carboxylic acids is 2. The van der Waals surface area contributed by atoms with E-state index in [-0.39, 0.29) is 11.5 Å². The van der Waals surface area contributed by atoms with Gasteiger partial charge in [0.1, 0.15) is 0 Å². The summed E-state index contributed by atoms with van der Waals surface area (Å²) in [6, 6.07) is 0. The lowest BCUT2D eigenvalue weighted by Gasteiger charge is -2.17. The fraction of sp³-hybridized carbons (Fsp3) is 0.833. The average Bonchev–Trinajstić information content (AvgIpc) is 2.65. The second-order valence-corrected chi connectivity index (χ2v) is 8.11. The van der Waals surface area contributed by atoms with Crippen LogP contribution in [0.15, 0.2) is 11.6 Å². The summed E-state index contributed by atoms with van der Waals surface area (Å²) in [5, 5.41) is 18.5. The molecule has 0 aliphatic carbocycles. The predicted molar refractivity (Wildman–Crippen MR) is 117 cm³/mol. The van der Waals surface area contributed by atoms with Crippen molar-refractivity contribution < 1.29 is 19.8 Å². The Bertz CT molecular complexity index is 428. The molecule has 0 rings (SSSR count). The van der Waals surface area contributed by atoms with E-state index in [1.165, 1.54) is 70.6 Å². The third kappa shape index (κ3) is 15.7. The number of unbranched alkanes of at least 4 members (excludes halogenated alkanes) is 13. The molecule has 0 radical (unpaired) electrons. The quantitative estimate of drug-likeness (QED) is 0.166. The molecule has 0 bridgehead atoms. The van der Waals surface area contributed by atoms with Crippen molar-refractivity contribution in [2.24, 2.45) is 5.92 Å². The molecule has 0 heterocycles. The molecule has 0 amide bonds. The number of hydrogen-bond acceptors (Lipinski definition) is 2. The molecule has 4 nitrogen and oxygen atoms in total. The summed E-state index contributed by atoms with van der Waals surface area (Å²) < 4.78 is 0. The lowest BCUT2D eigenvalue weighted by molar-refractivity contribution is -0.135. The summed E-state index contributed by atoms with van der Waals surface area (Å²) in [6.07, 6.45) is 20.5. The van der Waals surface area contributed by atoms with E-state index in [2.05, 4.69) is 13.8 Å². The van der Waals surface area contributed by atoms with Crippen LogP contribution in [0.4, 0.5) is 0 Å². The molecule has 1 unspecified atom stereocenters. The van der Waals surface area contributed by atoms with E-state index in [0.717, 1.165) is 44.6 Å². The fourth-order valence-corrected chi connectivity index (χ4v) is 3.82. The Morgan fingerprint density at radius 3 is 1.32 bits per heavy atom. The molecular formula is C24H44O4. The minimum absolute atomic E-state index is 0.0839. The van der Waals surface area contributed by atoms with Gasteiger partial charge in [-0.05, 0) is 18.8 Å². The van der Waals surface area contributed by atoms with Gasteiger partial charge in [-0.3, -0.25) is 0 Å². The topological polar surface area (TPSA) is 74.6 Å². The molecule has 0 aromatic heterocycles. The number of rotatable bonds is 20. The van der Waals surface area contributed by atoms with Crippen molar-refractivity contribution in [3.8, 4) is 0 Å². The average molecular weight is 397 g/mol. The van der Waals surface area contributed by atoms with Crippen molar-refractivity contribution in [3.63, 3.8) is 0 Å². The molecule has 0 saturated carbocycles. The van der Waals surface area contributed by atoms with Gasteiger partial charge in [0.2, 0.25) is 0 Å². The highest BCUT2D eigenvalue weighted by molar-refractivity contribution is 5.95. The van der Waals surface area contributed by atoms with Crippen molar-refractivity contribution in [1.82, 2.24) is 0 Å². The van der Waals surface area contributed by atoms with Crippen LogP contribution in [0.1, 0.15) is 123 Å². The Kier molecular flexibility index (Phi) is 18.1. The number of carboxylic acid groups (broad SMARTS) is 2. The van der Waals surface area contributed by atoms with Crippen LogP contribution in [0.5, 0.6) is 0 Å². The van der Waals surface area contributed by atoms with Gasteiger partial charge < -0.3 is 10.2 Å². The first-order valence-electron chi connectivity index (χ1n) is 11.7. The summed E-state index contributed by atoms with van der Waals surface area (Å²) in [5.74, 6) is -2.36. The van der Waals surface area contributed by atoms with Gasteiger partial charge in [0.05, 0.1) is 0 Å². The SMILES string of the molecule is CCCCCCCCCCCC(CCCCCCCC)/C(=C/C(=O)O)C(=O)O. The zero-order valence-electron chi connectivity index (χ0n) is 18.4. The van der Waals surface area contributed by atoms with Crippen molar-refractivity contribution in [1.29, 1.82) is 0 Å². The van der Waals surface area contributed by atoms with Crippen LogP contribution in [0.25, 0.3) is 0 Å². The molecule has 0 aliphatic rings. The van der Waals surface area contributed by atoms with Crippen molar-refractivity contribution in [2.75, 3.05) is 0 Å². The Hall–Kier alpha value is -1.32. The zero-order valence-corrected chi connectivity index (χ0v) is 18.4. The minimum atomic E-state index is -1.16. The molecule has 0 fully saturated rings. The number of carbonyl (C=O) groups is 2. The van der Waals surface area contributed by atoms with Gasteiger partial charge in [0.15, 0.2) is 0 Å². The Labute approximate surface area is 172 Å². The van der Waals surface area contributed by atoms with E-state index in [1.54, 1.807) is 0 Å². The summed E-state index contributed by atoms with van der Waals surface area (Å²) in [4.78, 5) is 22.6. The highest BCUT2D eigenvalue weighted by atomic mass is 16.4. The molecule has 0 aromatic rings. The molecule has 0 aliphatic heterocycles. The summed E-state index contributed by atoms with van der Waals surface area (Å²) in [6.45, 7) is 4.42. The molecule has 28 heavy (non-hydrogen) atoms. The van der Waals surface area contributed by atoms with Crippen LogP contribution in [0, 0.1) is 5.92 Å². The number of hydrogen-bond donors (Lipinski definition) is 2. The summed E-state index contributed by atoms with van der Waals surface area (Å²) in [5.41, 5.74) is 0.0839. The lowest BCUT2D eigenvalue weighted by Crippen LogP contribution is -2.15. The van der Waals surface area contributed by atoms with Gasteiger partial charge in [-0.25, -0.2) is 9.59 Å². The van der Waals surface area contributed by atoms with E-state index < -0.39 is 11.9 Å². The third-order valence-corrected chi connectivity index (χ3v) is 5.53. The largest absolute Gasteiger partial charge is 0.478 e. The maximum atomic E-state index is 11.6. The summed E-state index contributed by atoms with van der Waals surface area (Å²) in [7, 11) is 0. The van der Waals surface area contributed by atoms with Crippen molar-refractivity contribution in [3.05, 3.63) is 11.6 Å². The van der Waals surface area contributed by atoms with Gasteiger partial charge in [-0.1, -0.05) is 110 Å². The predicted octanol–water partition coefficient (Wildman–Crippen LogP) is 7.37. The van der Waals surface area contributed by atoms with Gasteiger partial charge in [0.25, 0.3) is 0 Å². The molecule has 2 N–H and O–H groups in total. The summed E-state index contributed by atoms with van der Waals surface area (Å²) >= 11 is 0. The lowest BCUT2D eigenvalue weighted by atomic mass is 9.87. The van der Waals surface area contributed by atoms with E-state index >= 15 is 0 Å². The highest BCUT2D eigenvalue weighted by Crippen LogP contribution is 2.26. The molecule has 1 atom stereocenters. The smallest absolute Gasteiger partial charge is 0.332 e. The fourth-order valence-electron chi connectivity index (χ4n) is 3.82. The van der Waals surface area contributed by atoms with Crippen LogP contribution in [0.2, 0.25) is 0 Å². The zero-order chi connectivity index (χ0) is 21.0. The van der Waals surface area contributed by atoms with Crippen LogP contribution < -0.4 is 0 Å². The first kappa shape index (κ1) is 26.7. The first-order valence-corrected chi connectivity index (χ1v) is 11.7. The van der Waals surface area contributed by atoms with E-state index in [0.29, 0.717) is 0 Å². The Balaban J connectivity index is 4.33. The van der Waals surface area contributed by atoms with Gasteiger partial charge in [-0.15, -0.1) is 0 Å². The normalized spacial score (nSPS) is 12.9. The maximum Gasteiger partial charge on any atom is 0.332 e. The van der Waals surface area contributed by atoms with Gasteiger partial charge in [0, 0.05) is 11.6 Å². The standard InChI is InChI=1S/C24H44O4/c1-3-5-7-9-11-12-13-15-17-19-21(18-16-14-10-8-6-4-2)22(24(27)28)20-23(25)26/h20-21H,3-19H2,1-2H3,(H,25,26)(H,27,28)/b22-20-. The van der Waals surface area contributed by atoms with E-state index in [9.17, 15) is 14.7 Å². The molecule has 0 aromatic carbocycles. The van der Waals surface area contributed by atoms with Crippen LogP contribution in [-0.2, 0) is 9.59 Å². The highest BCUT2D eigenvalue weighted by Gasteiger charge is 2.21. The molecule has 0 saturated heterocycles. The van der Waals surface area contributed by atoms with Gasteiger partial charge in [-0.2, -0.15) is 0 Å². The second kappa shape index (κ2) is 19.0. The van der Waals surface area contributed by atoms with E-state index in [1.807, 2.05) is 0 Å². The minimum Gasteiger partial charge on any atom is -0.478 e. The van der Waals surface area contributed by atoms with Crippen LogP contribution in [0.3, 0.4) is 0 Å². The monoisotopic (exact) mass is 396 g/mol. The molecule has 4 heteroatoms. The first-order chi connectivity index (χ1) is 13.5. The maximum absolute atomic E-state index is 11.6. The van der Waals surface area contributed by atoms with Gasteiger partial charge >= 0.3 is 11.9 Å². The second-order valence-electron chi connectivity index (χ2n) is 8.11.